The van der Waals surface area contributed by atoms with E-state index in [1.165, 1.54) is 0 Å². The Kier molecular flexibility index (Phi) is 9.83. The first-order chi connectivity index (χ1) is 11.2. The summed E-state index contributed by atoms with van der Waals surface area (Å²) in [5.74, 6) is 1.55. The van der Waals surface area contributed by atoms with Gasteiger partial charge >= 0.3 is 0 Å². The largest absolute Gasteiger partial charge is 0.493 e. The summed E-state index contributed by atoms with van der Waals surface area (Å²) < 4.78 is 10.9. The van der Waals surface area contributed by atoms with E-state index in [0.717, 1.165) is 29.8 Å². The molecule has 0 aliphatic heterocycles. The highest BCUT2D eigenvalue weighted by molar-refractivity contribution is 5.79. The first kappa shape index (κ1) is 19.3. The van der Waals surface area contributed by atoms with Gasteiger partial charge in [-0.25, -0.2) is 4.99 Å². The minimum absolute atomic E-state index is 0.0722. The maximum atomic E-state index is 8.91. The molecule has 0 amide bonds. The maximum absolute atomic E-state index is 8.91. The van der Waals surface area contributed by atoms with Gasteiger partial charge in [-0.2, -0.15) is 0 Å². The van der Waals surface area contributed by atoms with Crippen molar-refractivity contribution >= 4 is 5.96 Å². The fraction of sp³-hybridized carbons (Fsp3) is 0.588. The van der Waals surface area contributed by atoms with E-state index >= 15 is 0 Å². The number of methoxy groups -OCH3 is 1. The van der Waals surface area contributed by atoms with Gasteiger partial charge < -0.3 is 25.2 Å². The van der Waals surface area contributed by atoms with Crippen molar-refractivity contribution in [1.82, 2.24) is 10.6 Å². The molecule has 0 aliphatic rings. The third-order valence-electron chi connectivity index (χ3n) is 3.13. The zero-order valence-corrected chi connectivity index (χ0v) is 14.4. The molecule has 23 heavy (non-hydrogen) atoms. The molecule has 0 spiro atoms. The summed E-state index contributed by atoms with van der Waals surface area (Å²) >= 11 is 0. The van der Waals surface area contributed by atoms with Gasteiger partial charge in [0.15, 0.2) is 5.96 Å². The predicted molar refractivity (Wildman–Crippen MR) is 93.1 cm³/mol. The number of ether oxygens (including phenoxy) is 2. The second kappa shape index (κ2) is 11.7. The van der Waals surface area contributed by atoms with E-state index in [4.69, 9.17) is 14.6 Å². The summed E-state index contributed by atoms with van der Waals surface area (Å²) in [5, 5.41) is 15.1. The summed E-state index contributed by atoms with van der Waals surface area (Å²) in [6.45, 7) is 7.19. The van der Waals surface area contributed by atoms with Gasteiger partial charge in [-0.1, -0.05) is 12.1 Å². The molecule has 0 atom stereocenters. The van der Waals surface area contributed by atoms with Crippen molar-refractivity contribution < 1.29 is 14.6 Å². The maximum Gasteiger partial charge on any atom is 0.191 e. The topological polar surface area (TPSA) is 75.1 Å². The second-order valence-electron chi connectivity index (χ2n) is 5.15. The van der Waals surface area contributed by atoms with Crippen molar-refractivity contribution in [1.29, 1.82) is 0 Å². The summed E-state index contributed by atoms with van der Waals surface area (Å²) in [6.07, 6.45) is 0.855. The van der Waals surface area contributed by atoms with Gasteiger partial charge in [-0.15, -0.1) is 0 Å². The van der Waals surface area contributed by atoms with Crippen LogP contribution in [-0.2, 0) is 11.3 Å². The number of aliphatic imine (C=N–C) groups is 1. The lowest BCUT2D eigenvalue weighted by Gasteiger charge is -2.13. The molecule has 1 rings (SSSR count). The third-order valence-corrected chi connectivity index (χ3v) is 3.13. The molecule has 0 aliphatic carbocycles. The molecule has 3 N–H and O–H groups in total. The molecule has 0 bridgehead atoms. The zero-order chi connectivity index (χ0) is 16.9. The number of aryl methyl sites for hydroxylation is 1. The Bertz CT molecular complexity index is 478. The van der Waals surface area contributed by atoms with Crippen molar-refractivity contribution in [2.45, 2.75) is 26.8 Å². The van der Waals surface area contributed by atoms with Gasteiger partial charge in [0.2, 0.25) is 0 Å². The Morgan fingerprint density at radius 1 is 1.26 bits per heavy atom. The van der Waals surface area contributed by atoms with Gasteiger partial charge in [-0.3, -0.25) is 0 Å². The molecular weight excluding hydrogens is 294 g/mol. The van der Waals surface area contributed by atoms with Gasteiger partial charge in [0.1, 0.15) is 5.75 Å². The number of aliphatic hydroxyl groups is 1. The highest BCUT2D eigenvalue weighted by atomic mass is 16.5. The van der Waals surface area contributed by atoms with E-state index in [-0.39, 0.29) is 6.61 Å². The highest BCUT2D eigenvalue weighted by Crippen LogP contribution is 2.21. The Hall–Kier alpha value is -1.79. The number of guanidine groups is 1. The van der Waals surface area contributed by atoms with Gasteiger partial charge in [0.25, 0.3) is 0 Å². The molecular formula is C17H29N3O3. The van der Waals surface area contributed by atoms with E-state index < -0.39 is 0 Å². The normalized spacial score (nSPS) is 11.4. The number of aliphatic hydroxyl groups excluding tert-OH is 1. The SMILES string of the molecule is CCNC(=NCc1ccc(C)cc1OCCCOC)NCCO. The van der Waals surface area contributed by atoms with Crippen molar-refractivity contribution in [3.8, 4) is 5.75 Å². The Morgan fingerprint density at radius 3 is 2.78 bits per heavy atom. The standard InChI is InChI=1S/C17H29N3O3/c1-4-18-17(19-8-9-21)20-13-15-7-6-14(2)12-16(15)23-11-5-10-22-3/h6-7,12,21H,4-5,8-11,13H2,1-3H3,(H2,18,19,20). The number of hydrogen-bond acceptors (Lipinski definition) is 4. The number of rotatable bonds is 10. The molecule has 1 aromatic rings. The molecule has 0 unspecified atom stereocenters. The van der Waals surface area contributed by atoms with Crippen molar-refractivity contribution in [2.75, 3.05) is 40.0 Å². The molecule has 0 saturated carbocycles. The van der Waals surface area contributed by atoms with Crippen LogP contribution >= 0.6 is 0 Å². The molecule has 1 aromatic carbocycles. The molecule has 0 aromatic heterocycles. The van der Waals surface area contributed by atoms with E-state index in [1.54, 1.807) is 7.11 Å². The number of nitrogens with zero attached hydrogens (tertiary/aromatic N) is 1. The van der Waals surface area contributed by atoms with Crippen molar-refractivity contribution in [3.05, 3.63) is 29.3 Å². The van der Waals surface area contributed by atoms with Crippen molar-refractivity contribution in [2.24, 2.45) is 4.99 Å². The summed E-state index contributed by atoms with van der Waals surface area (Å²) in [4.78, 5) is 4.53. The number of benzene rings is 1. The smallest absolute Gasteiger partial charge is 0.191 e. The molecule has 0 fully saturated rings. The molecule has 6 nitrogen and oxygen atoms in total. The van der Waals surface area contributed by atoms with Gasteiger partial charge in [0.05, 0.1) is 19.8 Å². The lowest BCUT2D eigenvalue weighted by Crippen LogP contribution is -2.38. The Morgan fingerprint density at radius 2 is 2.09 bits per heavy atom. The van der Waals surface area contributed by atoms with Crippen LogP contribution in [0.5, 0.6) is 5.75 Å². The Balaban J connectivity index is 2.72. The van der Waals surface area contributed by atoms with Crippen LogP contribution < -0.4 is 15.4 Å². The minimum Gasteiger partial charge on any atom is -0.493 e. The molecule has 6 heteroatoms. The first-order valence-electron chi connectivity index (χ1n) is 8.05. The molecule has 0 heterocycles. The van der Waals surface area contributed by atoms with Crippen LogP contribution in [0.4, 0.5) is 0 Å². The first-order valence-corrected chi connectivity index (χ1v) is 8.05. The molecule has 130 valence electrons. The minimum atomic E-state index is 0.0722. The van der Waals surface area contributed by atoms with Crippen LogP contribution in [0.25, 0.3) is 0 Å². The Labute approximate surface area is 138 Å². The van der Waals surface area contributed by atoms with E-state index in [1.807, 2.05) is 26.0 Å². The van der Waals surface area contributed by atoms with Gasteiger partial charge in [0, 0.05) is 38.8 Å². The second-order valence-corrected chi connectivity index (χ2v) is 5.15. The van der Waals surface area contributed by atoms with Crippen LogP contribution in [0.1, 0.15) is 24.5 Å². The van der Waals surface area contributed by atoms with Crippen LogP contribution in [-0.4, -0.2) is 51.1 Å². The third kappa shape index (κ3) is 7.85. The van der Waals surface area contributed by atoms with Crippen molar-refractivity contribution in [3.63, 3.8) is 0 Å². The summed E-state index contributed by atoms with van der Waals surface area (Å²) in [5.41, 5.74) is 2.19. The molecule has 0 saturated heterocycles. The van der Waals surface area contributed by atoms with Crippen LogP contribution in [0, 0.1) is 6.92 Å². The summed E-state index contributed by atoms with van der Waals surface area (Å²) in [6, 6.07) is 6.13. The van der Waals surface area contributed by atoms with E-state index in [0.29, 0.717) is 32.3 Å². The quantitative estimate of drug-likeness (QED) is 0.345. The fourth-order valence-corrected chi connectivity index (χ4v) is 1.99. The monoisotopic (exact) mass is 323 g/mol. The lowest BCUT2D eigenvalue weighted by atomic mass is 10.1. The van der Waals surface area contributed by atoms with Crippen LogP contribution in [0.3, 0.4) is 0 Å². The average molecular weight is 323 g/mol. The summed E-state index contributed by atoms with van der Waals surface area (Å²) in [7, 11) is 1.69. The van der Waals surface area contributed by atoms with E-state index in [9.17, 15) is 0 Å². The fourth-order valence-electron chi connectivity index (χ4n) is 1.99. The van der Waals surface area contributed by atoms with Crippen LogP contribution in [0.15, 0.2) is 23.2 Å². The lowest BCUT2D eigenvalue weighted by molar-refractivity contribution is 0.172. The van der Waals surface area contributed by atoms with E-state index in [2.05, 4.69) is 21.7 Å². The highest BCUT2D eigenvalue weighted by Gasteiger charge is 2.05. The predicted octanol–water partition coefficient (Wildman–Crippen LogP) is 1.46. The van der Waals surface area contributed by atoms with Gasteiger partial charge in [-0.05, 0) is 25.5 Å². The molecule has 0 radical (unpaired) electrons. The van der Waals surface area contributed by atoms with Crippen LogP contribution in [0.2, 0.25) is 0 Å². The average Bonchev–Trinajstić information content (AvgIpc) is 2.55. The number of hydrogen-bond donors (Lipinski definition) is 3. The number of nitrogens with one attached hydrogen (secondary N) is 2. The zero-order valence-electron chi connectivity index (χ0n) is 14.4.